The first kappa shape index (κ1) is 10.4. The van der Waals surface area contributed by atoms with Crippen molar-refractivity contribution in [2.24, 2.45) is 0 Å². The van der Waals surface area contributed by atoms with Gasteiger partial charge in [-0.1, -0.05) is 11.6 Å². The molecule has 0 atom stereocenters. The molecule has 0 aliphatic carbocycles. The first-order chi connectivity index (χ1) is 6.06. The molecule has 0 aliphatic rings. The van der Waals surface area contributed by atoms with Gasteiger partial charge in [0.1, 0.15) is 5.60 Å². The Morgan fingerprint density at radius 1 is 1.38 bits per heavy atom. The molecule has 0 amide bonds. The van der Waals surface area contributed by atoms with Gasteiger partial charge in [0.2, 0.25) is 0 Å². The van der Waals surface area contributed by atoms with Gasteiger partial charge < -0.3 is 4.74 Å². The van der Waals surface area contributed by atoms with E-state index in [1.54, 1.807) is 6.07 Å². The van der Waals surface area contributed by atoms with Crippen LogP contribution in [0.2, 0.25) is 5.15 Å². The maximum Gasteiger partial charge on any atom is 0.151 e. The second kappa shape index (κ2) is 4.03. The number of rotatable bonds is 3. The van der Waals surface area contributed by atoms with Crippen molar-refractivity contribution in [3.8, 4) is 0 Å². The number of ether oxygens (including phenoxy) is 1. The van der Waals surface area contributed by atoms with Gasteiger partial charge in [-0.2, -0.15) is 5.10 Å². The van der Waals surface area contributed by atoms with Gasteiger partial charge in [0.15, 0.2) is 5.15 Å². The van der Waals surface area contributed by atoms with Crippen LogP contribution in [0.1, 0.15) is 26.5 Å². The van der Waals surface area contributed by atoms with Gasteiger partial charge in [-0.05, 0) is 32.9 Å². The van der Waals surface area contributed by atoms with E-state index in [0.717, 1.165) is 5.69 Å². The Balaban J connectivity index is 2.87. The predicted molar refractivity (Wildman–Crippen MR) is 51.7 cm³/mol. The van der Waals surface area contributed by atoms with Crippen LogP contribution in [0.15, 0.2) is 12.1 Å². The normalized spacial score (nSPS) is 11.7. The Morgan fingerprint density at radius 2 is 2.08 bits per heavy atom. The molecule has 0 bridgehead atoms. The molecule has 0 radical (unpaired) electrons. The molecule has 0 saturated heterocycles. The average Bonchev–Trinajstić information content (AvgIpc) is 2.05. The highest BCUT2D eigenvalue weighted by Gasteiger charge is 2.22. The first-order valence-electron chi connectivity index (χ1n) is 4.20. The molecular weight excluding hydrogens is 188 g/mol. The molecule has 13 heavy (non-hydrogen) atoms. The van der Waals surface area contributed by atoms with Gasteiger partial charge >= 0.3 is 0 Å². The molecule has 3 nitrogen and oxygen atoms in total. The molecule has 1 aromatic rings. The lowest BCUT2D eigenvalue weighted by atomic mass is 10.1. The molecule has 0 spiro atoms. The van der Waals surface area contributed by atoms with Crippen LogP contribution in [0.3, 0.4) is 0 Å². The third-order valence-corrected chi connectivity index (χ3v) is 1.96. The van der Waals surface area contributed by atoms with Crippen LogP contribution in [-0.4, -0.2) is 16.8 Å². The number of aromatic nitrogens is 2. The largest absolute Gasteiger partial charge is 0.369 e. The number of nitrogens with zero attached hydrogens (tertiary/aromatic N) is 2. The first-order valence-corrected chi connectivity index (χ1v) is 4.57. The maximum absolute atomic E-state index is 5.62. The van der Waals surface area contributed by atoms with Crippen LogP contribution < -0.4 is 0 Å². The van der Waals surface area contributed by atoms with E-state index in [9.17, 15) is 0 Å². The van der Waals surface area contributed by atoms with Gasteiger partial charge in [-0.25, -0.2) is 0 Å². The summed E-state index contributed by atoms with van der Waals surface area (Å²) in [6.07, 6.45) is 0. The van der Waals surface area contributed by atoms with E-state index in [0.29, 0.717) is 11.8 Å². The molecule has 0 unspecified atom stereocenters. The molecule has 0 N–H and O–H groups in total. The summed E-state index contributed by atoms with van der Waals surface area (Å²) in [5.41, 5.74) is 0.394. The van der Waals surface area contributed by atoms with Crippen LogP contribution in [-0.2, 0) is 10.3 Å². The molecule has 0 aromatic carbocycles. The quantitative estimate of drug-likeness (QED) is 0.752. The minimum absolute atomic E-state index is 0.396. The fourth-order valence-corrected chi connectivity index (χ4v) is 1.17. The van der Waals surface area contributed by atoms with E-state index >= 15 is 0 Å². The van der Waals surface area contributed by atoms with Crippen molar-refractivity contribution in [1.82, 2.24) is 10.2 Å². The van der Waals surface area contributed by atoms with Crippen molar-refractivity contribution < 1.29 is 4.74 Å². The summed E-state index contributed by atoms with van der Waals surface area (Å²) >= 11 is 5.62. The smallest absolute Gasteiger partial charge is 0.151 e. The lowest BCUT2D eigenvalue weighted by Gasteiger charge is -2.23. The molecule has 0 fully saturated rings. The fraction of sp³-hybridized carbons (Fsp3) is 0.556. The summed E-state index contributed by atoms with van der Waals surface area (Å²) in [4.78, 5) is 0. The third-order valence-electron chi connectivity index (χ3n) is 1.75. The SMILES string of the molecule is CCOC(C)(C)c1ccc(Cl)nn1. The zero-order valence-corrected chi connectivity index (χ0v) is 8.80. The van der Waals surface area contributed by atoms with Gasteiger partial charge in [-0.3, -0.25) is 0 Å². The van der Waals surface area contributed by atoms with E-state index in [4.69, 9.17) is 16.3 Å². The summed E-state index contributed by atoms with van der Waals surface area (Å²) in [5.74, 6) is 0. The highest BCUT2D eigenvalue weighted by molar-refractivity contribution is 6.29. The van der Waals surface area contributed by atoms with Crippen LogP contribution >= 0.6 is 11.6 Å². The lowest BCUT2D eigenvalue weighted by Crippen LogP contribution is -2.23. The monoisotopic (exact) mass is 200 g/mol. The van der Waals surface area contributed by atoms with Crippen LogP contribution in [0.25, 0.3) is 0 Å². The predicted octanol–water partition coefficient (Wildman–Crippen LogP) is 2.40. The summed E-state index contributed by atoms with van der Waals surface area (Å²) < 4.78 is 5.51. The van der Waals surface area contributed by atoms with Crippen LogP contribution in [0, 0.1) is 0 Å². The van der Waals surface area contributed by atoms with Crippen molar-refractivity contribution in [2.45, 2.75) is 26.4 Å². The Kier molecular flexibility index (Phi) is 3.22. The Labute approximate surface area is 83.1 Å². The van der Waals surface area contributed by atoms with E-state index < -0.39 is 5.60 Å². The summed E-state index contributed by atoms with van der Waals surface area (Å²) in [6, 6.07) is 3.54. The number of hydrogen-bond donors (Lipinski definition) is 0. The Bertz CT molecular complexity index is 271. The topological polar surface area (TPSA) is 35.0 Å². The van der Waals surface area contributed by atoms with Crippen molar-refractivity contribution in [2.75, 3.05) is 6.61 Å². The van der Waals surface area contributed by atoms with Crippen molar-refractivity contribution in [3.05, 3.63) is 23.0 Å². The van der Waals surface area contributed by atoms with Crippen LogP contribution in [0.5, 0.6) is 0 Å². The molecule has 4 heteroatoms. The Hall–Kier alpha value is -0.670. The van der Waals surface area contributed by atoms with E-state index in [1.165, 1.54) is 0 Å². The lowest BCUT2D eigenvalue weighted by molar-refractivity contribution is -0.0179. The highest BCUT2D eigenvalue weighted by Crippen LogP contribution is 2.22. The molecule has 0 aliphatic heterocycles. The average molecular weight is 201 g/mol. The summed E-state index contributed by atoms with van der Waals surface area (Å²) in [7, 11) is 0. The van der Waals surface area contributed by atoms with Crippen LogP contribution in [0.4, 0.5) is 0 Å². The van der Waals surface area contributed by atoms with Crippen molar-refractivity contribution in [1.29, 1.82) is 0 Å². The molecule has 1 rings (SSSR count). The molecule has 1 aromatic heterocycles. The summed E-state index contributed by atoms with van der Waals surface area (Å²) in [6.45, 7) is 6.51. The minimum Gasteiger partial charge on any atom is -0.369 e. The fourth-order valence-electron chi connectivity index (χ4n) is 1.07. The van der Waals surface area contributed by atoms with E-state index in [1.807, 2.05) is 26.8 Å². The number of halogens is 1. The van der Waals surface area contributed by atoms with Crippen molar-refractivity contribution >= 4 is 11.6 Å². The molecule has 1 heterocycles. The van der Waals surface area contributed by atoms with Gasteiger partial charge in [-0.15, -0.1) is 5.10 Å². The second-order valence-electron chi connectivity index (χ2n) is 3.18. The van der Waals surface area contributed by atoms with Crippen molar-refractivity contribution in [3.63, 3.8) is 0 Å². The molecule has 72 valence electrons. The molecule has 0 saturated carbocycles. The van der Waals surface area contributed by atoms with Gasteiger partial charge in [0.05, 0.1) is 5.69 Å². The molecular formula is C9H13ClN2O. The third kappa shape index (κ3) is 2.64. The highest BCUT2D eigenvalue weighted by atomic mass is 35.5. The minimum atomic E-state index is -0.396. The second-order valence-corrected chi connectivity index (χ2v) is 3.57. The van der Waals surface area contributed by atoms with E-state index in [2.05, 4.69) is 10.2 Å². The van der Waals surface area contributed by atoms with Gasteiger partial charge in [0.25, 0.3) is 0 Å². The zero-order valence-electron chi connectivity index (χ0n) is 8.04. The summed E-state index contributed by atoms with van der Waals surface area (Å²) in [5, 5.41) is 8.12. The van der Waals surface area contributed by atoms with E-state index in [-0.39, 0.29) is 0 Å². The Morgan fingerprint density at radius 3 is 2.54 bits per heavy atom. The zero-order chi connectivity index (χ0) is 9.90. The number of hydrogen-bond acceptors (Lipinski definition) is 3. The standard InChI is InChI=1S/C9H13ClN2O/c1-4-13-9(2,3)7-5-6-8(10)12-11-7/h5-6H,4H2,1-3H3. The maximum atomic E-state index is 5.62. The van der Waals surface area contributed by atoms with Gasteiger partial charge in [0, 0.05) is 6.61 Å².